The van der Waals surface area contributed by atoms with Gasteiger partial charge in [-0.25, -0.2) is 0 Å². The number of hydrogen-bond acceptors (Lipinski definition) is 2. The van der Waals surface area contributed by atoms with Crippen LogP contribution in [0.5, 0.6) is 0 Å². The van der Waals surface area contributed by atoms with Crippen molar-refractivity contribution in [3.8, 4) is 5.69 Å². The Labute approximate surface area is 112 Å². The fourth-order valence-corrected chi connectivity index (χ4v) is 2.31. The van der Waals surface area contributed by atoms with Crippen LogP contribution in [0, 0.1) is 0 Å². The van der Waals surface area contributed by atoms with Gasteiger partial charge in [-0.15, -0.1) is 0 Å². The Kier molecular flexibility index (Phi) is 3.09. The lowest BCUT2D eigenvalue weighted by atomic mass is 10.1. The van der Waals surface area contributed by atoms with Gasteiger partial charge in [-0.1, -0.05) is 0 Å². The number of hydrogen-bond donors (Lipinski definition) is 0. The molecule has 1 amide bonds. The minimum atomic E-state index is -0.128. The second-order valence-corrected chi connectivity index (χ2v) is 4.61. The summed E-state index contributed by atoms with van der Waals surface area (Å²) in [6.45, 7) is 3.19. The topological polar surface area (TPSA) is 34.5 Å². The van der Waals surface area contributed by atoms with Crippen molar-refractivity contribution in [1.82, 2.24) is 9.47 Å². The van der Waals surface area contributed by atoms with Crippen molar-refractivity contribution in [3.63, 3.8) is 0 Å². The predicted octanol–water partition coefficient (Wildman–Crippen LogP) is 2.30. The molecular weight excluding hydrogens is 240 g/mol. The van der Waals surface area contributed by atoms with Crippen molar-refractivity contribution in [2.45, 2.75) is 13.2 Å². The Morgan fingerprint density at radius 1 is 1.21 bits per heavy atom. The highest BCUT2D eigenvalue weighted by Gasteiger charge is 2.26. The van der Waals surface area contributed by atoms with Gasteiger partial charge >= 0.3 is 0 Å². The van der Waals surface area contributed by atoms with Crippen LogP contribution in [0.15, 0.2) is 48.8 Å². The van der Waals surface area contributed by atoms with Crippen LogP contribution in [0.4, 0.5) is 0 Å². The van der Waals surface area contributed by atoms with Gasteiger partial charge in [0.2, 0.25) is 0 Å². The van der Waals surface area contributed by atoms with E-state index < -0.39 is 0 Å². The fraction of sp³-hybridized carbons (Fsp3) is 0.267. The van der Waals surface area contributed by atoms with Gasteiger partial charge in [0.1, 0.15) is 6.23 Å². The highest BCUT2D eigenvalue weighted by atomic mass is 16.5. The van der Waals surface area contributed by atoms with Crippen molar-refractivity contribution in [2.24, 2.45) is 0 Å². The zero-order valence-electron chi connectivity index (χ0n) is 10.8. The maximum Gasteiger partial charge on any atom is 0.255 e. The number of benzene rings is 1. The number of carbonyl (C=O) groups is 1. The van der Waals surface area contributed by atoms with E-state index in [1.165, 1.54) is 0 Å². The molecule has 1 unspecified atom stereocenters. The van der Waals surface area contributed by atoms with Crippen molar-refractivity contribution in [1.29, 1.82) is 0 Å². The van der Waals surface area contributed by atoms with E-state index in [0.29, 0.717) is 18.7 Å². The number of nitrogens with zero attached hydrogens (tertiary/aromatic N) is 2. The van der Waals surface area contributed by atoms with Crippen molar-refractivity contribution in [3.05, 3.63) is 54.4 Å². The molecule has 0 radical (unpaired) electrons. The lowest BCUT2D eigenvalue weighted by Gasteiger charge is -2.19. The Bertz CT molecular complexity index is 560. The van der Waals surface area contributed by atoms with Crippen LogP contribution >= 0.6 is 0 Å². The predicted molar refractivity (Wildman–Crippen MR) is 72.2 cm³/mol. The van der Waals surface area contributed by atoms with E-state index in [1.54, 1.807) is 4.90 Å². The lowest BCUT2D eigenvalue weighted by molar-refractivity contribution is 0.0378. The molecule has 4 nitrogen and oxygen atoms in total. The van der Waals surface area contributed by atoms with Crippen molar-refractivity contribution >= 4 is 5.91 Å². The zero-order chi connectivity index (χ0) is 13.2. The highest BCUT2D eigenvalue weighted by Crippen LogP contribution is 2.16. The molecule has 1 aromatic carbocycles. The van der Waals surface area contributed by atoms with Crippen LogP contribution in [0.3, 0.4) is 0 Å². The summed E-state index contributed by atoms with van der Waals surface area (Å²) in [5.74, 6) is 0.0315. The van der Waals surface area contributed by atoms with Gasteiger partial charge < -0.3 is 14.2 Å². The molecule has 4 heteroatoms. The van der Waals surface area contributed by atoms with Crippen LogP contribution in [-0.2, 0) is 4.74 Å². The van der Waals surface area contributed by atoms with Gasteiger partial charge in [0.15, 0.2) is 0 Å². The molecule has 3 rings (SSSR count). The van der Waals surface area contributed by atoms with E-state index >= 15 is 0 Å². The molecule has 0 N–H and O–H groups in total. The first-order valence-corrected chi connectivity index (χ1v) is 6.42. The molecule has 1 fully saturated rings. The number of carbonyl (C=O) groups excluding carboxylic acids is 1. The first kappa shape index (κ1) is 12.0. The third-order valence-electron chi connectivity index (χ3n) is 3.41. The molecule has 0 spiro atoms. The van der Waals surface area contributed by atoms with E-state index in [2.05, 4.69) is 0 Å². The second kappa shape index (κ2) is 4.90. The summed E-state index contributed by atoms with van der Waals surface area (Å²) < 4.78 is 7.40. The average Bonchev–Trinajstić information content (AvgIpc) is 3.09. The van der Waals surface area contributed by atoms with Gasteiger partial charge in [0, 0.05) is 30.2 Å². The molecule has 19 heavy (non-hydrogen) atoms. The van der Waals surface area contributed by atoms with Crippen molar-refractivity contribution < 1.29 is 9.53 Å². The molecule has 0 bridgehead atoms. The van der Waals surface area contributed by atoms with Crippen LogP contribution in [0.2, 0.25) is 0 Å². The molecule has 2 heterocycles. The largest absolute Gasteiger partial charge is 0.357 e. The first-order valence-electron chi connectivity index (χ1n) is 6.42. The summed E-state index contributed by atoms with van der Waals surface area (Å²) in [5.41, 5.74) is 1.75. The van der Waals surface area contributed by atoms with E-state index in [1.807, 2.05) is 60.3 Å². The Hall–Kier alpha value is -2.07. The Morgan fingerprint density at radius 2 is 1.89 bits per heavy atom. The second-order valence-electron chi connectivity index (χ2n) is 4.61. The quantitative estimate of drug-likeness (QED) is 0.826. The first-order chi connectivity index (χ1) is 9.25. The number of ether oxygens (including phenoxy) is 1. The average molecular weight is 256 g/mol. The third kappa shape index (κ3) is 2.27. The summed E-state index contributed by atoms with van der Waals surface area (Å²) in [4.78, 5) is 14.0. The highest BCUT2D eigenvalue weighted by molar-refractivity contribution is 5.94. The van der Waals surface area contributed by atoms with Gasteiger partial charge in [0.05, 0.1) is 6.61 Å². The Balaban J connectivity index is 1.81. The van der Waals surface area contributed by atoms with E-state index in [4.69, 9.17) is 4.74 Å². The van der Waals surface area contributed by atoms with Gasteiger partial charge in [-0.3, -0.25) is 4.79 Å². The van der Waals surface area contributed by atoms with Gasteiger partial charge in [0.25, 0.3) is 5.91 Å². The summed E-state index contributed by atoms with van der Waals surface area (Å²) in [6, 6.07) is 11.6. The summed E-state index contributed by atoms with van der Waals surface area (Å²) in [6.07, 6.45) is 3.83. The molecule has 0 saturated carbocycles. The number of amides is 1. The summed E-state index contributed by atoms with van der Waals surface area (Å²) >= 11 is 0. The lowest BCUT2D eigenvalue weighted by Crippen LogP contribution is -2.34. The molecule has 1 aliphatic heterocycles. The number of aromatic nitrogens is 1. The monoisotopic (exact) mass is 256 g/mol. The molecule has 0 aliphatic carbocycles. The molecule has 2 aromatic rings. The fourth-order valence-electron chi connectivity index (χ4n) is 2.31. The van der Waals surface area contributed by atoms with E-state index in [0.717, 1.165) is 5.69 Å². The maximum absolute atomic E-state index is 12.3. The maximum atomic E-state index is 12.3. The van der Waals surface area contributed by atoms with Crippen LogP contribution < -0.4 is 0 Å². The molecule has 1 atom stereocenters. The van der Waals surface area contributed by atoms with Gasteiger partial charge in [-0.05, 0) is 43.3 Å². The van der Waals surface area contributed by atoms with Crippen molar-refractivity contribution in [2.75, 3.05) is 13.2 Å². The van der Waals surface area contributed by atoms with Crippen LogP contribution in [0.1, 0.15) is 17.3 Å². The van der Waals surface area contributed by atoms with Crippen LogP contribution in [0.25, 0.3) is 5.69 Å². The molecule has 98 valence electrons. The van der Waals surface area contributed by atoms with Gasteiger partial charge in [-0.2, -0.15) is 0 Å². The number of rotatable bonds is 2. The van der Waals surface area contributed by atoms with E-state index in [9.17, 15) is 4.79 Å². The molecule has 1 aliphatic rings. The third-order valence-corrected chi connectivity index (χ3v) is 3.41. The van der Waals surface area contributed by atoms with E-state index in [-0.39, 0.29) is 12.1 Å². The Morgan fingerprint density at radius 3 is 2.47 bits per heavy atom. The minimum Gasteiger partial charge on any atom is -0.357 e. The molecule has 1 saturated heterocycles. The minimum absolute atomic E-state index is 0.0315. The molecule has 1 aromatic heterocycles. The smallest absolute Gasteiger partial charge is 0.255 e. The zero-order valence-corrected chi connectivity index (χ0v) is 10.8. The summed E-state index contributed by atoms with van der Waals surface area (Å²) in [5, 5.41) is 0. The molecular formula is C15H16N2O2. The normalized spacial score (nSPS) is 18.8. The SMILES string of the molecule is CC1OCCN1C(=O)c1ccc(-n2cccc2)cc1. The summed E-state index contributed by atoms with van der Waals surface area (Å²) in [7, 11) is 0. The van der Waals surface area contributed by atoms with Crippen LogP contribution in [-0.4, -0.2) is 34.8 Å². The standard InChI is InChI=1S/C15H16N2O2/c1-12-17(10-11-19-12)15(18)13-4-6-14(7-5-13)16-8-2-3-9-16/h2-9,12H,10-11H2,1H3.